The number of nitrogens with zero attached hydrogens (tertiary/aromatic N) is 3. The Hall–Kier alpha value is -3.09. The van der Waals surface area contributed by atoms with Crippen LogP contribution in [-0.4, -0.2) is 34.6 Å². The molecule has 1 aliphatic rings. The standard InChI is InChI=1S/C20H21N3O4/c1-25-15-8-6-14(7-9-15)16-4-2-12-23(16)19(24)11-10-18-21-20(22-27-18)17-5-3-13-26-17/h3,5-9,13,16H,2,4,10-12H2,1H3. The third-order valence-electron chi connectivity index (χ3n) is 4.84. The van der Waals surface area contributed by atoms with E-state index in [1.807, 2.05) is 29.2 Å². The fourth-order valence-electron chi connectivity index (χ4n) is 3.46. The lowest BCUT2D eigenvalue weighted by Gasteiger charge is -2.25. The zero-order valence-electron chi connectivity index (χ0n) is 15.1. The maximum atomic E-state index is 12.8. The minimum atomic E-state index is 0.103. The number of benzene rings is 1. The van der Waals surface area contributed by atoms with E-state index in [0.717, 1.165) is 30.7 Å². The third-order valence-corrected chi connectivity index (χ3v) is 4.84. The Morgan fingerprint density at radius 3 is 2.89 bits per heavy atom. The van der Waals surface area contributed by atoms with Crippen LogP contribution in [-0.2, 0) is 11.2 Å². The second-order valence-electron chi connectivity index (χ2n) is 6.51. The van der Waals surface area contributed by atoms with Crippen LogP contribution >= 0.6 is 0 Å². The fourth-order valence-corrected chi connectivity index (χ4v) is 3.46. The molecule has 3 aromatic rings. The molecule has 1 saturated heterocycles. The average Bonchev–Trinajstić information content (AvgIpc) is 3.47. The van der Waals surface area contributed by atoms with Gasteiger partial charge in [-0.2, -0.15) is 4.98 Å². The summed E-state index contributed by atoms with van der Waals surface area (Å²) in [5, 5.41) is 3.90. The highest BCUT2D eigenvalue weighted by Gasteiger charge is 2.29. The van der Waals surface area contributed by atoms with Crippen molar-refractivity contribution < 1.29 is 18.5 Å². The van der Waals surface area contributed by atoms with Crippen LogP contribution in [0.25, 0.3) is 11.6 Å². The number of carbonyl (C=O) groups is 1. The Labute approximate surface area is 156 Å². The van der Waals surface area contributed by atoms with Gasteiger partial charge in [-0.05, 0) is 42.7 Å². The molecule has 0 spiro atoms. The Balaban J connectivity index is 1.38. The normalized spacial score (nSPS) is 16.6. The van der Waals surface area contributed by atoms with Crippen molar-refractivity contribution in [2.45, 2.75) is 31.7 Å². The zero-order valence-corrected chi connectivity index (χ0v) is 15.1. The molecule has 1 fully saturated rings. The van der Waals surface area contributed by atoms with Gasteiger partial charge in [-0.25, -0.2) is 0 Å². The van der Waals surface area contributed by atoms with E-state index in [1.54, 1.807) is 25.5 Å². The molecule has 7 heteroatoms. The lowest BCUT2D eigenvalue weighted by Crippen LogP contribution is -2.30. The van der Waals surface area contributed by atoms with Crippen molar-refractivity contribution in [3.63, 3.8) is 0 Å². The van der Waals surface area contributed by atoms with Crippen LogP contribution in [0.5, 0.6) is 5.75 Å². The molecule has 0 bridgehead atoms. The largest absolute Gasteiger partial charge is 0.497 e. The van der Waals surface area contributed by atoms with E-state index in [4.69, 9.17) is 13.7 Å². The summed E-state index contributed by atoms with van der Waals surface area (Å²) in [7, 11) is 1.65. The minimum absolute atomic E-state index is 0.103. The number of aryl methyl sites for hydroxylation is 1. The third kappa shape index (κ3) is 3.72. The van der Waals surface area contributed by atoms with Gasteiger partial charge in [0.1, 0.15) is 5.75 Å². The van der Waals surface area contributed by atoms with E-state index >= 15 is 0 Å². The molecule has 4 rings (SSSR count). The van der Waals surface area contributed by atoms with Crippen LogP contribution in [0.2, 0.25) is 0 Å². The first-order valence-corrected chi connectivity index (χ1v) is 9.04. The van der Waals surface area contributed by atoms with Crippen molar-refractivity contribution in [1.82, 2.24) is 15.0 Å². The molecular weight excluding hydrogens is 346 g/mol. The van der Waals surface area contributed by atoms with E-state index in [0.29, 0.717) is 30.3 Å². The lowest BCUT2D eigenvalue weighted by atomic mass is 10.0. The number of rotatable bonds is 6. The lowest BCUT2D eigenvalue weighted by molar-refractivity contribution is -0.132. The molecule has 1 aliphatic heterocycles. The summed E-state index contributed by atoms with van der Waals surface area (Å²) >= 11 is 0. The van der Waals surface area contributed by atoms with Gasteiger partial charge in [0.25, 0.3) is 0 Å². The molecule has 1 amide bonds. The summed E-state index contributed by atoms with van der Waals surface area (Å²) in [6.07, 6.45) is 4.29. The van der Waals surface area contributed by atoms with Crippen LogP contribution < -0.4 is 4.74 Å². The van der Waals surface area contributed by atoms with E-state index in [2.05, 4.69) is 10.1 Å². The number of hydrogen-bond donors (Lipinski definition) is 0. The molecule has 0 aliphatic carbocycles. The molecule has 0 N–H and O–H groups in total. The van der Waals surface area contributed by atoms with Gasteiger partial charge in [0.05, 0.1) is 19.4 Å². The van der Waals surface area contributed by atoms with Crippen LogP contribution in [0.3, 0.4) is 0 Å². The topological polar surface area (TPSA) is 81.6 Å². The molecule has 1 unspecified atom stereocenters. The van der Waals surface area contributed by atoms with Crippen molar-refractivity contribution in [3.8, 4) is 17.3 Å². The highest BCUT2D eigenvalue weighted by atomic mass is 16.5. The van der Waals surface area contributed by atoms with Gasteiger partial charge < -0.3 is 18.6 Å². The zero-order chi connectivity index (χ0) is 18.6. The van der Waals surface area contributed by atoms with Gasteiger partial charge in [0, 0.05) is 19.4 Å². The first-order chi connectivity index (χ1) is 13.2. The quantitative estimate of drug-likeness (QED) is 0.662. The molecule has 27 heavy (non-hydrogen) atoms. The van der Waals surface area contributed by atoms with Crippen molar-refractivity contribution in [3.05, 3.63) is 54.1 Å². The molecule has 140 valence electrons. The molecule has 1 atom stereocenters. The second-order valence-corrected chi connectivity index (χ2v) is 6.51. The summed E-state index contributed by atoms with van der Waals surface area (Å²) in [6.45, 7) is 0.775. The number of amides is 1. The minimum Gasteiger partial charge on any atom is -0.497 e. The Morgan fingerprint density at radius 2 is 2.15 bits per heavy atom. The summed E-state index contributed by atoms with van der Waals surface area (Å²) in [5.74, 6) is 2.31. The van der Waals surface area contributed by atoms with Crippen molar-refractivity contribution in [2.75, 3.05) is 13.7 Å². The maximum Gasteiger partial charge on any atom is 0.238 e. The number of furan rings is 1. The first-order valence-electron chi connectivity index (χ1n) is 9.04. The Bertz CT molecular complexity index is 886. The van der Waals surface area contributed by atoms with Gasteiger partial charge >= 0.3 is 0 Å². The van der Waals surface area contributed by atoms with E-state index < -0.39 is 0 Å². The summed E-state index contributed by atoms with van der Waals surface area (Å²) in [4.78, 5) is 19.0. The molecule has 0 saturated carbocycles. The number of ether oxygens (including phenoxy) is 1. The number of hydrogen-bond acceptors (Lipinski definition) is 6. The Morgan fingerprint density at radius 1 is 1.30 bits per heavy atom. The summed E-state index contributed by atoms with van der Waals surface area (Å²) in [5.41, 5.74) is 1.14. The van der Waals surface area contributed by atoms with E-state index in [9.17, 15) is 4.79 Å². The highest BCUT2D eigenvalue weighted by Crippen LogP contribution is 2.33. The number of likely N-dealkylation sites (tertiary alicyclic amines) is 1. The predicted molar refractivity (Wildman–Crippen MR) is 97.0 cm³/mol. The van der Waals surface area contributed by atoms with Gasteiger partial charge in [-0.15, -0.1) is 0 Å². The number of methoxy groups -OCH3 is 1. The SMILES string of the molecule is COc1ccc(C2CCCN2C(=O)CCc2nc(-c3ccco3)no2)cc1. The predicted octanol–water partition coefficient (Wildman–Crippen LogP) is 3.63. The van der Waals surface area contributed by atoms with Gasteiger partial charge in [-0.3, -0.25) is 4.79 Å². The van der Waals surface area contributed by atoms with Crippen LogP contribution in [0, 0.1) is 0 Å². The van der Waals surface area contributed by atoms with Crippen LogP contribution in [0.1, 0.15) is 36.8 Å². The van der Waals surface area contributed by atoms with E-state index in [1.165, 1.54) is 0 Å². The summed E-state index contributed by atoms with van der Waals surface area (Å²) in [6, 6.07) is 11.6. The second kappa shape index (κ2) is 7.65. The number of aromatic nitrogens is 2. The molecular formula is C20H21N3O4. The Kier molecular flexibility index (Phi) is 4.91. The van der Waals surface area contributed by atoms with Crippen LogP contribution in [0.15, 0.2) is 51.6 Å². The smallest absolute Gasteiger partial charge is 0.238 e. The summed E-state index contributed by atoms with van der Waals surface area (Å²) < 4.78 is 15.7. The molecule has 7 nitrogen and oxygen atoms in total. The maximum absolute atomic E-state index is 12.8. The van der Waals surface area contributed by atoms with E-state index in [-0.39, 0.29) is 11.9 Å². The van der Waals surface area contributed by atoms with Crippen LogP contribution in [0.4, 0.5) is 0 Å². The van der Waals surface area contributed by atoms with Crippen molar-refractivity contribution in [1.29, 1.82) is 0 Å². The molecule has 3 heterocycles. The van der Waals surface area contributed by atoms with Gasteiger partial charge in [0.2, 0.25) is 17.6 Å². The van der Waals surface area contributed by atoms with Gasteiger partial charge in [0.15, 0.2) is 5.76 Å². The highest BCUT2D eigenvalue weighted by molar-refractivity contribution is 5.77. The average molecular weight is 367 g/mol. The van der Waals surface area contributed by atoms with Gasteiger partial charge in [-0.1, -0.05) is 17.3 Å². The molecule has 2 aromatic heterocycles. The first kappa shape index (κ1) is 17.3. The molecule has 0 radical (unpaired) electrons. The monoisotopic (exact) mass is 367 g/mol. The fraction of sp³-hybridized carbons (Fsp3) is 0.350. The number of carbonyl (C=O) groups excluding carboxylic acids is 1. The van der Waals surface area contributed by atoms with Crippen molar-refractivity contribution >= 4 is 5.91 Å². The van der Waals surface area contributed by atoms with Crippen molar-refractivity contribution in [2.24, 2.45) is 0 Å². The molecule has 1 aromatic carbocycles.